The van der Waals surface area contributed by atoms with Gasteiger partial charge in [0.15, 0.2) is 0 Å². The normalized spacial score (nSPS) is 13.1. The van der Waals surface area contributed by atoms with Crippen molar-refractivity contribution < 1.29 is 0 Å². The van der Waals surface area contributed by atoms with Gasteiger partial charge in [0.05, 0.1) is 4.34 Å². The third-order valence-corrected chi connectivity index (χ3v) is 4.34. The van der Waals surface area contributed by atoms with E-state index in [2.05, 4.69) is 34.2 Å². The van der Waals surface area contributed by atoms with Gasteiger partial charge in [-0.2, -0.15) is 0 Å². The van der Waals surface area contributed by atoms with E-state index in [1.165, 1.54) is 17.7 Å². The molecule has 1 aromatic rings. The molecule has 1 N–H and O–H groups in total. The lowest BCUT2D eigenvalue weighted by atomic mass is 10.2. The Morgan fingerprint density at radius 2 is 2.36 bits per heavy atom. The van der Waals surface area contributed by atoms with Gasteiger partial charge in [-0.05, 0) is 31.5 Å². The second-order valence-electron chi connectivity index (χ2n) is 3.18. The third kappa shape index (κ3) is 4.78. The van der Waals surface area contributed by atoms with Crippen molar-refractivity contribution in [1.82, 2.24) is 5.32 Å². The van der Waals surface area contributed by atoms with Gasteiger partial charge in [-0.25, -0.2) is 0 Å². The first-order valence-electron chi connectivity index (χ1n) is 4.81. The number of thiophene rings is 1. The Morgan fingerprint density at radius 1 is 1.57 bits per heavy atom. The van der Waals surface area contributed by atoms with Crippen LogP contribution in [-0.4, -0.2) is 11.4 Å². The molecule has 0 aliphatic rings. The van der Waals surface area contributed by atoms with Crippen LogP contribution in [0.25, 0.3) is 0 Å². The van der Waals surface area contributed by atoms with Crippen LogP contribution in [-0.2, 0) is 6.54 Å². The molecule has 1 nitrogen and oxygen atoms in total. The highest BCUT2D eigenvalue weighted by atomic mass is 79.9. The zero-order chi connectivity index (χ0) is 10.4. The topological polar surface area (TPSA) is 12.0 Å². The summed E-state index contributed by atoms with van der Waals surface area (Å²) in [4.78, 5) is 1.94. The van der Waals surface area contributed by atoms with E-state index >= 15 is 0 Å². The van der Waals surface area contributed by atoms with Gasteiger partial charge in [-0.15, -0.1) is 11.3 Å². The molecule has 0 fully saturated rings. The van der Waals surface area contributed by atoms with E-state index in [1.807, 2.05) is 6.07 Å². The molecule has 0 saturated heterocycles. The minimum Gasteiger partial charge on any atom is -0.312 e. The standard InChI is InChI=1S/C10H15BrClNS/c1-2-8(11)5-6-13-7-9-3-4-10(12)14-9/h3-4,8,13H,2,5-7H2,1H3. The first-order chi connectivity index (χ1) is 6.72. The molecule has 0 spiro atoms. The maximum Gasteiger partial charge on any atom is 0.0931 e. The zero-order valence-electron chi connectivity index (χ0n) is 8.22. The zero-order valence-corrected chi connectivity index (χ0v) is 11.4. The lowest BCUT2D eigenvalue weighted by Gasteiger charge is -2.06. The fourth-order valence-corrected chi connectivity index (χ4v) is 2.41. The van der Waals surface area contributed by atoms with E-state index in [4.69, 9.17) is 11.6 Å². The molecule has 1 rings (SSSR count). The quantitative estimate of drug-likeness (QED) is 0.617. The predicted molar refractivity (Wildman–Crippen MR) is 68.7 cm³/mol. The van der Waals surface area contributed by atoms with Crippen molar-refractivity contribution in [2.24, 2.45) is 0 Å². The molecular formula is C10H15BrClNS. The monoisotopic (exact) mass is 295 g/mol. The largest absolute Gasteiger partial charge is 0.312 e. The summed E-state index contributed by atoms with van der Waals surface area (Å²) in [5.41, 5.74) is 0. The summed E-state index contributed by atoms with van der Waals surface area (Å²) in [5, 5.41) is 3.40. The van der Waals surface area contributed by atoms with Crippen molar-refractivity contribution >= 4 is 38.9 Å². The summed E-state index contributed by atoms with van der Waals surface area (Å²) >= 11 is 11.1. The van der Waals surface area contributed by atoms with Crippen LogP contribution in [0.2, 0.25) is 4.34 Å². The van der Waals surface area contributed by atoms with Crippen molar-refractivity contribution in [3.8, 4) is 0 Å². The summed E-state index contributed by atoms with van der Waals surface area (Å²) < 4.78 is 0.869. The molecule has 0 bridgehead atoms. The van der Waals surface area contributed by atoms with E-state index in [0.29, 0.717) is 4.83 Å². The summed E-state index contributed by atoms with van der Waals surface area (Å²) in [7, 11) is 0. The third-order valence-electron chi connectivity index (χ3n) is 2.01. The Labute approximate surface area is 103 Å². The molecule has 1 heterocycles. The molecule has 14 heavy (non-hydrogen) atoms. The lowest BCUT2D eigenvalue weighted by Crippen LogP contribution is -2.16. The molecule has 0 saturated carbocycles. The number of alkyl halides is 1. The summed E-state index contributed by atoms with van der Waals surface area (Å²) in [6.45, 7) is 4.18. The van der Waals surface area contributed by atoms with Crippen LogP contribution in [0, 0.1) is 0 Å². The first-order valence-corrected chi connectivity index (χ1v) is 6.92. The summed E-state index contributed by atoms with van der Waals surface area (Å²) in [6.07, 6.45) is 2.36. The summed E-state index contributed by atoms with van der Waals surface area (Å²) in [6, 6.07) is 4.02. The van der Waals surface area contributed by atoms with Crippen molar-refractivity contribution in [1.29, 1.82) is 0 Å². The minimum absolute atomic E-state index is 0.641. The van der Waals surface area contributed by atoms with Gasteiger partial charge in [0, 0.05) is 16.2 Å². The highest BCUT2D eigenvalue weighted by Crippen LogP contribution is 2.21. The molecule has 4 heteroatoms. The van der Waals surface area contributed by atoms with Crippen LogP contribution in [0.1, 0.15) is 24.6 Å². The number of hydrogen-bond acceptors (Lipinski definition) is 2. The molecule has 0 aliphatic heterocycles. The van der Waals surface area contributed by atoms with E-state index in [0.717, 1.165) is 17.4 Å². The highest BCUT2D eigenvalue weighted by Gasteiger charge is 2.00. The van der Waals surface area contributed by atoms with Crippen LogP contribution in [0.3, 0.4) is 0 Å². The van der Waals surface area contributed by atoms with Crippen LogP contribution >= 0.6 is 38.9 Å². The van der Waals surface area contributed by atoms with Crippen molar-refractivity contribution in [3.63, 3.8) is 0 Å². The van der Waals surface area contributed by atoms with Gasteiger partial charge in [-0.1, -0.05) is 34.5 Å². The number of rotatable bonds is 6. The SMILES string of the molecule is CCC(Br)CCNCc1ccc(Cl)s1. The fraction of sp³-hybridized carbons (Fsp3) is 0.600. The van der Waals surface area contributed by atoms with Crippen LogP contribution < -0.4 is 5.32 Å². The first kappa shape index (κ1) is 12.5. The molecule has 0 radical (unpaired) electrons. The van der Waals surface area contributed by atoms with Gasteiger partial charge >= 0.3 is 0 Å². The number of nitrogens with one attached hydrogen (secondary N) is 1. The Hall–Kier alpha value is 0.430. The fourth-order valence-electron chi connectivity index (χ4n) is 1.12. The van der Waals surface area contributed by atoms with Crippen molar-refractivity contribution in [3.05, 3.63) is 21.3 Å². The average molecular weight is 297 g/mol. The predicted octanol–water partition coefficient (Wildman–Crippen LogP) is 4.05. The van der Waals surface area contributed by atoms with E-state index < -0.39 is 0 Å². The van der Waals surface area contributed by atoms with E-state index in [9.17, 15) is 0 Å². The van der Waals surface area contributed by atoms with Crippen LogP contribution in [0.4, 0.5) is 0 Å². The maximum atomic E-state index is 5.83. The second kappa shape index (κ2) is 6.83. The maximum absolute atomic E-state index is 5.83. The average Bonchev–Trinajstić information content (AvgIpc) is 2.58. The van der Waals surface area contributed by atoms with E-state index in [-0.39, 0.29) is 0 Å². The molecule has 0 amide bonds. The summed E-state index contributed by atoms with van der Waals surface area (Å²) in [5.74, 6) is 0. The van der Waals surface area contributed by atoms with Gasteiger partial charge < -0.3 is 5.32 Å². The molecule has 0 aliphatic carbocycles. The van der Waals surface area contributed by atoms with E-state index in [1.54, 1.807) is 11.3 Å². The Bertz CT molecular complexity index is 264. The molecular weight excluding hydrogens is 282 g/mol. The van der Waals surface area contributed by atoms with Crippen molar-refractivity contribution in [2.75, 3.05) is 6.54 Å². The molecule has 1 unspecified atom stereocenters. The second-order valence-corrected chi connectivity index (χ2v) is 6.27. The molecule has 0 aromatic carbocycles. The Kier molecular flexibility index (Phi) is 6.10. The van der Waals surface area contributed by atoms with Crippen molar-refractivity contribution in [2.45, 2.75) is 31.1 Å². The van der Waals surface area contributed by atoms with Gasteiger partial charge in [0.25, 0.3) is 0 Å². The number of hydrogen-bond donors (Lipinski definition) is 1. The molecule has 80 valence electrons. The number of halogens is 2. The lowest BCUT2D eigenvalue weighted by molar-refractivity contribution is 0.634. The van der Waals surface area contributed by atoms with Gasteiger partial charge in [0.2, 0.25) is 0 Å². The highest BCUT2D eigenvalue weighted by molar-refractivity contribution is 9.09. The molecule has 1 atom stereocenters. The van der Waals surface area contributed by atoms with Gasteiger partial charge in [-0.3, -0.25) is 0 Å². The van der Waals surface area contributed by atoms with Crippen LogP contribution in [0.5, 0.6) is 0 Å². The van der Waals surface area contributed by atoms with Crippen LogP contribution in [0.15, 0.2) is 12.1 Å². The van der Waals surface area contributed by atoms with Gasteiger partial charge in [0.1, 0.15) is 0 Å². The smallest absolute Gasteiger partial charge is 0.0931 e. The molecule has 1 aromatic heterocycles. The Morgan fingerprint density at radius 3 is 2.93 bits per heavy atom. The Balaban J connectivity index is 2.10. The minimum atomic E-state index is 0.641.